The topological polar surface area (TPSA) is 66.8 Å². The number of hydrogen-bond acceptors (Lipinski definition) is 3. The first kappa shape index (κ1) is 8.23. The van der Waals surface area contributed by atoms with Crippen molar-refractivity contribution >= 4 is 5.97 Å². The molecule has 0 saturated heterocycles. The minimum atomic E-state index is -0.986. The maximum Gasteiger partial charge on any atom is 0.329 e. The van der Waals surface area contributed by atoms with Gasteiger partial charge in [-0.25, -0.2) is 4.79 Å². The lowest BCUT2D eigenvalue weighted by Crippen LogP contribution is -2.16. The third-order valence-electron chi connectivity index (χ3n) is 1.44. The van der Waals surface area contributed by atoms with Crippen molar-refractivity contribution in [3.8, 4) is 0 Å². The van der Waals surface area contributed by atoms with Crippen molar-refractivity contribution in [2.24, 2.45) is 0 Å². The number of hydrogen-bond donors (Lipinski definition) is 2. The summed E-state index contributed by atoms with van der Waals surface area (Å²) < 4.78 is 4.89. The molecule has 0 aromatic carbocycles. The molecule has 0 heterocycles. The Morgan fingerprint density at radius 2 is 2.36 bits per heavy atom. The van der Waals surface area contributed by atoms with Gasteiger partial charge in [-0.3, -0.25) is 0 Å². The molecule has 0 aromatic heterocycles. The molecule has 1 aliphatic rings. The number of aliphatic hydroxyl groups excluding tert-OH is 1. The minimum Gasteiger partial charge on any atom is -0.480 e. The number of rotatable bonds is 3. The van der Waals surface area contributed by atoms with Crippen LogP contribution < -0.4 is 0 Å². The first-order valence-corrected chi connectivity index (χ1v) is 3.38. The van der Waals surface area contributed by atoms with Gasteiger partial charge in [-0.15, -0.1) is 0 Å². The Labute approximate surface area is 64.1 Å². The Bertz CT molecular complexity index is 175. The number of aliphatic carboxylic acids is 1. The lowest BCUT2D eigenvalue weighted by atomic mass is 10.3. The smallest absolute Gasteiger partial charge is 0.329 e. The number of ether oxygens (including phenoxy) is 1. The quantitative estimate of drug-likeness (QED) is 0.557. The highest BCUT2D eigenvalue weighted by molar-refractivity contribution is 5.68. The summed E-state index contributed by atoms with van der Waals surface area (Å²) in [6, 6.07) is 0. The van der Waals surface area contributed by atoms with Crippen molar-refractivity contribution < 1.29 is 19.7 Å². The van der Waals surface area contributed by atoms with Crippen LogP contribution in [0.25, 0.3) is 0 Å². The highest BCUT2D eigenvalue weighted by Gasteiger charge is 2.17. The third kappa shape index (κ3) is 2.69. The zero-order valence-corrected chi connectivity index (χ0v) is 5.93. The van der Waals surface area contributed by atoms with Crippen LogP contribution in [0.3, 0.4) is 0 Å². The monoisotopic (exact) mass is 158 g/mol. The van der Waals surface area contributed by atoms with E-state index in [1.807, 2.05) is 0 Å². The standard InChI is InChI=1S/C7H10O4/c8-5-1-2-6(3-5)11-4-7(9)10/h1-2,5-6,8H,3-4H2,(H,9,10)/t5-,6+/m0/s1. The fourth-order valence-corrected chi connectivity index (χ4v) is 0.949. The Morgan fingerprint density at radius 3 is 2.82 bits per heavy atom. The van der Waals surface area contributed by atoms with Crippen LogP contribution in [0.4, 0.5) is 0 Å². The van der Waals surface area contributed by atoms with Crippen LogP contribution in [-0.4, -0.2) is 35.0 Å². The van der Waals surface area contributed by atoms with Crippen molar-refractivity contribution in [3.63, 3.8) is 0 Å². The fraction of sp³-hybridized carbons (Fsp3) is 0.571. The second kappa shape index (κ2) is 3.50. The van der Waals surface area contributed by atoms with Crippen LogP contribution in [0, 0.1) is 0 Å². The van der Waals surface area contributed by atoms with Crippen LogP contribution in [0.2, 0.25) is 0 Å². The third-order valence-corrected chi connectivity index (χ3v) is 1.44. The summed E-state index contributed by atoms with van der Waals surface area (Å²) in [5.41, 5.74) is 0. The SMILES string of the molecule is O=C(O)CO[C@@H]1C=C[C@H](O)C1. The van der Waals surface area contributed by atoms with Gasteiger partial charge >= 0.3 is 5.97 Å². The lowest BCUT2D eigenvalue weighted by Gasteiger charge is -2.07. The first-order valence-electron chi connectivity index (χ1n) is 3.38. The van der Waals surface area contributed by atoms with E-state index in [0.29, 0.717) is 6.42 Å². The van der Waals surface area contributed by atoms with Gasteiger partial charge in [0.25, 0.3) is 0 Å². The molecule has 11 heavy (non-hydrogen) atoms. The predicted molar refractivity (Wildman–Crippen MR) is 37.1 cm³/mol. The van der Waals surface area contributed by atoms with E-state index in [9.17, 15) is 4.79 Å². The van der Waals surface area contributed by atoms with E-state index in [-0.39, 0.29) is 12.7 Å². The molecule has 4 heteroatoms. The van der Waals surface area contributed by atoms with Crippen LogP contribution >= 0.6 is 0 Å². The summed E-state index contributed by atoms with van der Waals surface area (Å²) in [7, 11) is 0. The maximum atomic E-state index is 10.0. The van der Waals surface area contributed by atoms with E-state index in [4.69, 9.17) is 14.9 Å². The molecule has 0 bridgehead atoms. The van der Waals surface area contributed by atoms with Crippen LogP contribution in [0.1, 0.15) is 6.42 Å². The van der Waals surface area contributed by atoms with E-state index in [2.05, 4.69) is 0 Å². The van der Waals surface area contributed by atoms with Gasteiger partial charge < -0.3 is 14.9 Å². The molecule has 0 aliphatic heterocycles. The molecule has 2 atom stereocenters. The Hall–Kier alpha value is -0.870. The summed E-state index contributed by atoms with van der Waals surface area (Å²) in [6.45, 7) is -0.304. The summed E-state index contributed by atoms with van der Waals surface area (Å²) in [4.78, 5) is 10.0. The molecule has 0 fully saturated rings. The fourth-order valence-electron chi connectivity index (χ4n) is 0.949. The molecule has 0 saturated carbocycles. The molecular weight excluding hydrogens is 148 g/mol. The molecule has 1 rings (SSSR count). The van der Waals surface area contributed by atoms with Crippen molar-refractivity contribution in [1.29, 1.82) is 0 Å². The zero-order chi connectivity index (χ0) is 8.27. The van der Waals surface area contributed by atoms with Crippen LogP contribution in [-0.2, 0) is 9.53 Å². The second-order valence-corrected chi connectivity index (χ2v) is 2.43. The maximum absolute atomic E-state index is 10.0. The molecule has 0 unspecified atom stereocenters. The second-order valence-electron chi connectivity index (χ2n) is 2.43. The van der Waals surface area contributed by atoms with Gasteiger partial charge in [0.05, 0.1) is 12.2 Å². The molecule has 0 aromatic rings. The Kier molecular flexibility index (Phi) is 2.62. The predicted octanol–water partition coefficient (Wildman–Crippen LogP) is -0.223. The largest absolute Gasteiger partial charge is 0.480 e. The van der Waals surface area contributed by atoms with Gasteiger partial charge in [-0.05, 0) is 0 Å². The molecule has 0 spiro atoms. The Balaban J connectivity index is 2.19. The van der Waals surface area contributed by atoms with Gasteiger partial charge in [0.2, 0.25) is 0 Å². The minimum absolute atomic E-state index is 0.235. The zero-order valence-electron chi connectivity index (χ0n) is 5.93. The highest BCUT2D eigenvalue weighted by Crippen LogP contribution is 2.13. The van der Waals surface area contributed by atoms with Crippen molar-refractivity contribution in [2.75, 3.05) is 6.61 Å². The molecule has 1 aliphatic carbocycles. The highest BCUT2D eigenvalue weighted by atomic mass is 16.5. The summed E-state index contributed by atoms with van der Waals surface area (Å²) in [6.07, 6.45) is 3.03. The summed E-state index contributed by atoms with van der Waals surface area (Å²) in [5.74, 6) is -0.986. The van der Waals surface area contributed by atoms with Crippen LogP contribution in [0.15, 0.2) is 12.2 Å². The average Bonchev–Trinajstić information content (AvgIpc) is 2.31. The number of carboxylic acid groups (broad SMARTS) is 1. The number of aliphatic hydroxyl groups is 1. The molecule has 62 valence electrons. The Morgan fingerprint density at radius 1 is 1.64 bits per heavy atom. The molecule has 0 radical (unpaired) electrons. The normalized spacial score (nSPS) is 29.2. The molecule has 0 amide bonds. The van der Waals surface area contributed by atoms with Crippen molar-refractivity contribution in [2.45, 2.75) is 18.6 Å². The summed E-state index contributed by atoms with van der Waals surface area (Å²) >= 11 is 0. The van der Waals surface area contributed by atoms with E-state index >= 15 is 0 Å². The molecule has 4 nitrogen and oxygen atoms in total. The van der Waals surface area contributed by atoms with E-state index in [1.165, 1.54) is 0 Å². The number of carbonyl (C=O) groups is 1. The van der Waals surface area contributed by atoms with Gasteiger partial charge in [-0.2, -0.15) is 0 Å². The average molecular weight is 158 g/mol. The van der Waals surface area contributed by atoms with E-state index < -0.39 is 12.1 Å². The van der Waals surface area contributed by atoms with Gasteiger partial charge in [0.15, 0.2) is 0 Å². The molecular formula is C7H10O4. The van der Waals surface area contributed by atoms with E-state index in [1.54, 1.807) is 12.2 Å². The van der Waals surface area contributed by atoms with Crippen molar-refractivity contribution in [3.05, 3.63) is 12.2 Å². The first-order chi connectivity index (χ1) is 5.18. The van der Waals surface area contributed by atoms with Gasteiger partial charge in [0.1, 0.15) is 6.61 Å². The lowest BCUT2D eigenvalue weighted by molar-refractivity contribution is -0.143. The van der Waals surface area contributed by atoms with E-state index in [0.717, 1.165) is 0 Å². The summed E-state index contributed by atoms with van der Waals surface area (Å²) in [5, 5.41) is 17.2. The van der Waals surface area contributed by atoms with Gasteiger partial charge in [0, 0.05) is 6.42 Å². The van der Waals surface area contributed by atoms with Gasteiger partial charge in [-0.1, -0.05) is 12.2 Å². The molecule has 2 N–H and O–H groups in total. The van der Waals surface area contributed by atoms with Crippen LogP contribution in [0.5, 0.6) is 0 Å². The van der Waals surface area contributed by atoms with Crippen molar-refractivity contribution in [1.82, 2.24) is 0 Å². The number of carboxylic acids is 1.